The summed E-state index contributed by atoms with van der Waals surface area (Å²) in [4.78, 5) is 4.65. The van der Waals surface area contributed by atoms with Gasteiger partial charge in [0, 0.05) is 6.54 Å². The second-order valence-electron chi connectivity index (χ2n) is 5.74. The molecule has 0 aliphatic carbocycles. The Morgan fingerprint density at radius 2 is 1.95 bits per heavy atom. The van der Waals surface area contributed by atoms with Crippen LogP contribution in [0, 0.1) is 0 Å². The van der Waals surface area contributed by atoms with Crippen molar-refractivity contribution in [1.29, 1.82) is 0 Å². The number of rotatable bonds is 2. The van der Waals surface area contributed by atoms with Crippen LogP contribution >= 0.6 is 0 Å². The Labute approximate surface area is 114 Å². The van der Waals surface area contributed by atoms with E-state index in [1.165, 1.54) is 32.1 Å². The van der Waals surface area contributed by atoms with Gasteiger partial charge in [-0.3, -0.25) is 0 Å². The van der Waals surface area contributed by atoms with Crippen molar-refractivity contribution in [3.8, 4) is 0 Å². The minimum Gasteiger partial charge on any atom is -0.339 e. The number of nitrogens with zero attached hydrogens (tertiary/aromatic N) is 2. The fourth-order valence-electron chi connectivity index (χ4n) is 3.04. The number of aromatic nitrogens is 2. The van der Waals surface area contributed by atoms with Crippen molar-refractivity contribution in [1.82, 2.24) is 20.8 Å². The lowest BCUT2D eigenvalue weighted by molar-refractivity contribution is 0.315. The molecule has 106 valence electrons. The summed E-state index contributed by atoms with van der Waals surface area (Å²) in [5.41, 5.74) is 0. The van der Waals surface area contributed by atoms with Crippen LogP contribution in [0.5, 0.6) is 0 Å². The van der Waals surface area contributed by atoms with Crippen molar-refractivity contribution in [2.75, 3.05) is 19.6 Å². The zero-order valence-electron chi connectivity index (χ0n) is 11.5. The standard InChI is InChI=1S/C14H24N4O/c1-2-4-9-16-12(7-3-1)13-17-14(19-18-13)11-6-5-8-15-10-11/h11-12,15-16H,1-10H2. The zero-order chi connectivity index (χ0) is 12.9. The van der Waals surface area contributed by atoms with E-state index in [0.717, 1.165) is 44.2 Å². The predicted octanol–water partition coefficient (Wildman–Crippen LogP) is 2.13. The second kappa shape index (κ2) is 6.48. The van der Waals surface area contributed by atoms with Crippen molar-refractivity contribution in [2.45, 2.75) is 56.9 Å². The lowest BCUT2D eigenvalue weighted by Crippen LogP contribution is -2.28. The summed E-state index contributed by atoms with van der Waals surface area (Å²) in [6.45, 7) is 3.15. The molecule has 0 radical (unpaired) electrons. The van der Waals surface area contributed by atoms with Gasteiger partial charge in [0.1, 0.15) is 0 Å². The molecular weight excluding hydrogens is 240 g/mol. The van der Waals surface area contributed by atoms with Gasteiger partial charge in [-0.1, -0.05) is 24.4 Å². The number of hydrogen-bond donors (Lipinski definition) is 2. The van der Waals surface area contributed by atoms with E-state index in [0.29, 0.717) is 5.92 Å². The largest absolute Gasteiger partial charge is 0.339 e. The van der Waals surface area contributed by atoms with Crippen LogP contribution in [-0.4, -0.2) is 29.8 Å². The summed E-state index contributed by atoms with van der Waals surface area (Å²) in [6.07, 6.45) is 8.67. The minimum absolute atomic E-state index is 0.286. The van der Waals surface area contributed by atoms with Crippen LogP contribution in [-0.2, 0) is 0 Å². The molecular formula is C14H24N4O. The molecule has 2 unspecified atom stereocenters. The molecule has 2 fully saturated rings. The average Bonchev–Trinajstić information content (AvgIpc) is 2.89. The highest BCUT2D eigenvalue weighted by molar-refractivity contribution is 5.00. The molecule has 2 saturated heterocycles. The quantitative estimate of drug-likeness (QED) is 0.857. The van der Waals surface area contributed by atoms with Crippen molar-refractivity contribution in [3.05, 3.63) is 11.7 Å². The Bertz CT molecular complexity index is 379. The molecule has 2 aliphatic rings. The molecule has 2 atom stereocenters. The lowest BCUT2D eigenvalue weighted by Gasteiger charge is -2.19. The average molecular weight is 264 g/mol. The molecule has 1 aromatic rings. The first kappa shape index (κ1) is 13.1. The number of hydrogen-bond acceptors (Lipinski definition) is 5. The Morgan fingerprint density at radius 1 is 1.00 bits per heavy atom. The van der Waals surface area contributed by atoms with Gasteiger partial charge in [-0.05, 0) is 38.8 Å². The lowest BCUT2D eigenvalue weighted by atomic mass is 9.99. The third-order valence-electron chi connectivity index (χ3n) is 4.23. The first-order chi connectivity index (χ1) is 9.43. The smallest absolute Gasteiger partial charge is 0.231 e. The van der Waals surface area contributed by atoms with E-state index < -0.39 is 0 Å². The molecule has 5 nitrogen and oxygen atoms in total. The molecule has 1 aromatic heterocycles. The maximum Gasteiger partial charge on any atom is 0.231 e. The van der Waals surface area contributed by atoms with Crippen LogP contribution in [0.25, 0.3) is 0 Å². The van der Waals surface area contributed by atoms with E-state index >= 15 is 0 Å². The van der Waals surface area contributed by atoms with Gasteiger partial charge < -0.3 is 15.2 Å². The number of piperidine rings is 1. The van der Waals surface area contributed by atoms with Gasteiger partial charge in [0.2, 0.25) is 5.89 Å². The third-order valence-corrected chi connectivity index (χ3v) is 4.23. The normalized spacial score (nSPS) is 29.7. The van der Waals surface area contributed by atoms with Crippen molar-refractivity contribution in [3.63, 3.8) is 0 Å². The van der Waals surface area contributed by atoms with E-state index in [9.17, 15) is 0 Å². The summed E-state index contributed by atoms with van der Waals surface area (Å²) < 4.78 is 5.49. The maximum atomic E-state index is 5.49. The molecule has 3 rings (SSSR count). The van der Waals surface area contributed by atoms with E-state index in [-0.39, 0.29) is 6.04 Å². The van der Waals surface area contributed by atoms with Crippen molar-refractivity contribution < 1.29 is 4.52 Å². The summed E-state index contributed by atoms with van der Waals surface area (Å²) in [5.74, 6) is 2.09. The van der Waals surface area contributed by atoms with Gasteiger partial charge >= 0.3 is 0 Å². The highest BCUT2D eigenvalue weighted by Gasteiger charge is 2.24. The highest BCUT2D eigenvalue weighted by Crippen LogP contribution is 2.25. The maximum absolute atomic E-state index is 5.49. The molecule has 0 aromatic carbocycles. The van der Waals surface area contributed by atoms with E-state index in [2.05, 4.69) is 20.8 Å². The van der Waals surface area contributed by atoms with Crippen LogP contribution in [0.3, 0.4) is 0 Å². The molecule has 0 amide bonds. The molecule has 0 bridgehead atoms. The Kier molecular flexibility index (Phi) is 4.45. The molecule has 0 saturated carbocycles. The first-order valence-corrected chi connectivity index (χ1v) is 7.71. The summed E-state index contributed by atoms with van der Waals surface area (Å²) in [7, 11) is 0. The number of nitrogens with one attached hydrogen (secondary N) is 2. The highest BCUT2D eigenvalue weighted by atomic mass is 16.5. The van der Waals surface area contributed by atoms with Crippen LogP contribution in [0.1, 0.15) is 68.6 Å². The van der Waals surface area contributed by atoms with Gasteiger partial charge in [-0.25, -0.2) is 0 Å². The van der Waals surface area contributed by atoms with E-state index in [1.54, 1.807) is 0 Å². The molecule has 3 heterocycles. The third kappa shape index (κ3) is 3.34. The summed E-state index contributed by atoms with van der Waals surface area (Å²) in [6, 6.07) is 0.286. The Balaban J connectivity index is 1.65. The monoisotopic (exact) mass is 264 g/mol. The van der Waals surface area contributed by atoms with E-state index in [1.807, 2.05) is 0 Å². The molecule has 5 heteroatoms. The second-order valence-corrected chi connectivity index (χ2v) is 5.74. The molecule has 0 spiro atoms. The fraction of sp³-hybridized carbons (Fsp3) is 0.857. The predicted molar refractivity (Wildman–Crippen MR) is 73.0 cm³/mol. The van der Waals surface area contributed by atoms with Gasteiger partial charge in [0.15, 0.2) is 5.82 Å². The minimum atomic E-state index is 0.286. The van der Waals surface area contributed by atoms with Crippen LogP contribution < -0.4 is 10.6 Å². The van der Waals surface area contributed by atoms with Crippen LogP contribution in [0.4, 0.5) is 0 Å². The van der Waals surface area contributed by atoms with Gasteiger partial charge in [0.25, 0.3) is 0 Å². The van der Waals surface area contributed by atoms with Crippen molar-refractivity contribution >= 4 is 0 Å². The molecule has 2 N–H and O–H groups in total. The molecule has 19 heavy (non-hydrogen) atoms. The van der Waals surface area contributed by atoms with Crippen molar-refractivity contribution in [2.24, 2.45) is 0 Å². The van der Waals surface area contributed by atoms with Gasteiger partial charge in [0.05, 0.1) is 12.0 Å². The summed E-state index contributed by atoms with van der Waals surface area (Å²) >= 11 is 0. The summed E-state index contributed by atoms with van der Waals surface area (Å²) in [5, 5.41) is 11.2. The van der Waals surface area contributed by atoms with Gasteiger partial charge in [-0.2, -0.15) is 4.98 Å². The Hall–Kier alpha value is -0.940. The fourth-order valence-corrected chi connectivity index (χ4v) is 3.04. The zero-order valence-corrected chi connectivity index (χ0v) is 11.5. The SMILES string of the molecule is C1CCCC(c2noc(C3CCCNC3)n2)NCC1. The van der Waals surface area contributed by atoms with Gasteiger partial charge in [-0.15, -0.1) is 0 Å². The van der Waals surface area contributed by atoms with Crippen LogP contribution in [0.15, 0.2) is 4.52 Å². The van der Waals surface area contributed by atoms with E-state index in [4.69, 9.17) is 4.52 Å². The molecule has 2 aliphatic heterocycles. The first-order valence-electron chi connectivity index (χ1n) is 7.71. The Morgan fingerprint density at radius 3 is 2.84 bits per heavy atom. The van der Waals surface area contributed by atoms with Crippen LogP contribution in [0.2, 0.25) is 0 Å². The topological polar surface area (TPSA) is 63.0 Å².